The molecular formula is C17H18FNS. The predicted molar refractivity (Wildman–Crippen MR) is 81.6 cm³/mol. The van der Waals surface area contributed by atoms with Gasteiger partial charge in [0.1, 0.15) is 5.82 Å². The molecular weight excluding hydrogens is 269 g/mol. The van der Waals surface area contributed by atoms with Gasteiger partial charge in [-0.2, -0.15) is 0 Å². The minimum atomic E-state index is -0.133. The van der Waals surface area contributed by atoms with Crippen LogP contribution in [0.3, 0.4) is 0 Å². The van der Waals surface area contributed by atoms with Crippen LogP contribution in [0.4, 0.5) is 4.39 Å². The van der Waals surface area contributed by atoms with Gasteiger partial charge in [0.25, 0.3) is 0 Å². The smallest absolute Gasteiger partial charge is 0.137 e. The van der Waals surface area contributed by atoms with E-state index < -0.39 is 0 Å². The molecule has 0 unspecified atom stereocenters. The first-order valence-electron chi connectivity index (χ1n) is 6.97. The SMILES string of the molecule is Cc1cccc(Sc2ccc(CNC3CC3)cc2F)c1. The van der Waals surface area contributed by atoms with Gasteiger partial charge in [-0.05, 0) is 49.6 Å². The zero-order valence-electron chi connectivity index (χ0n) is 11.5. The second-order valence-electron chi connectivity index (χ2n) is 5.34. The molecule has 1 saturated carbocycles. The van der Waals surface area contributed by atoms with E-state index in [4.69, 9.17) is 0 Å². The maximum Gasteiger partial charge on any atom is 0.137 e. The molecule has 3 heteroatoms. The highest BCUT2D eigenvalue weighted by molar-refractivity contribution is 7.99. The monoisotopic (exact) mass is 287 g/mol. The third-order valence-electron chi connectivity index (χ3n) is 3.39. The Morgan fingerprint density at radius 3 is 2.75 bits per heavy atom. The summed E-state index contributed by atoms with van der Waals surface area (Å²) in [6.45, 7) is 2.81. The van der Waals surface area contributed by atoms with Gasteiger partial charge in [0.05, 0.1) is 0 Å². The van der Waals surface area contributed by atoms with E-state index in [1.165, 1.54) is 30.2 Å². The zero-order valence-corrected chi connectivity index (χ0v) is 12.3. The fourth-order valence-corrected chi connectivity index (χ4v) is 3.03. The largest absolute Gasteiger partial charge is 0.310 e. The van der Waals surface area contributed by atoms with Crippen molar-refractivity contribution < 1.29 is 4.39 Å². The maximum atomic E-state index is 14.1. The molecule has 1 nitrogen and oxygen atoms in total. The van der Waals surface area contributed by atoms with E-state index >= 15 is 0 Å². The van der Waals surface area contributed by atoms with E-state index in [0.717, 1.165) is 17.0 Å². The standard InChI is InChI=1S/C17H18FNS/c1-12-3-2-4-15(9-12)20-17-8-5-13(10-16(17)18)11-19-14-6-7-14/h2-5,8-10,14,19H,6-7,11H2,1H3. The quantitative estimate of drug-likeness (QED) is 0.866. The molecule has 0 amide bonds. The first-order valence-corrected chi connectivity index (χ1v) is 7.79. The Kier molecular flexibility index (Phi) is 4.08. The number of benzene rings is 2. The van der Waals surface area contributed by atoms with Crippen molar-refractivity contribution in [2.75, 3.05) is 0 Å². The average Bonchev–Trinajstić information content (AvgIpc) is 3.23. The van der Waals surface area contributed by atoms with Gasteiger partial charge >= 0.3 is 0 Å². The van der Waals surface area contributed by atoms with Crippen LogP contribution in [0.25, 0.3) is 0 Å². The van der Waals surface area contributed by atoms with Crippen molar-refractivity contribution >= 4 is 11.8 Å². The highest BCUT2D eigenvalue weighted by atomic mass is 32.2. The second kappa shape index (κ2) is 5.98. The topological polar surface area (TPSA) is 12.0 Å². The Morgan fingerprint density at radius 2 is 2.05 bits per heavy atom. The number of rotatable bonds is 5. The number of hydrogen-bond acceptors (Lipinski definition) is 2. The Morgan fingerprint density at radius 1 is 1.20 bits per heavy atom. The first-order chi connectivity index (χ1) is 9.70. The van der Waals surface area contributed by atoms with Crippen molar-refractivity contribution in [3.8, 4) is 0 Å². The predicted octanol–water partition coefficient (Wildman–Crippen LogP) is 4.54. The van der Waals surface area contributed by atoms with Gasteiger partial charge in [0.2, 0.25) is 0 Å². The van der Waals surface area contributed by atoms with Crippen LogP contribution in [0.2, 0.25) is 0 Å². The van der Waals surface area contributed by atoms with Crippen molar-refractivity contribution in [3.05, 3.63) is 59.4 Å². The summed E-state index contributed by atoms with van der Waals surface area (Å²) in [6.07, 6.45) is 2.51. The normalized spacial score (nSPS) is 14.5. The van der Waals surface area contributed by atoms with E-state index in [1.807, 2.05) is 37.3 Å². The number of halogens is 1. The third-order valence-corrected chi connectivity index (χ3v) is 4.43. The molecule has 0 bridgehead atoms. The molecule has 2 aromatic rings. The molecule has 0 aliphatic heterocycles. The molecule has 1 N–H and O–H groups in total. The Labute approximate surface area is 123 Å². The molecule has 20 heavy (non-hydrogen) atoms. The lowest BCUT2D eigenvalue weighted by Crippen LogP contribution is -2.15. The average molecular weight is 287 g/mol. The van der Waals surface area contributed by atoms with Crippen molar-refractivity contribution in [3.63, 3.8) is 0 Å². The molecule has 0 saturated heterocycles. The number of aryl methyl sites for hydroxylation is 1. The Hall–Kier alpha value is -1.32. The molecule has 0 atom stereocenters. The Bertz CT molecular complexity index is 608. The highest BCUT2D eigenvalue weighted by Gasteiger charge is 2.20. The van der Waals surface area contributed by atoms with Crippen molar-refractivity contribution in [2.45, 2.75) is 42.1 Å². The first kappa shape index (κ1) is 13.7. The van der Waals surface area contributed by atoms with Crippen LogP contribution in [0, 0.1) is 12.7 Å². The van der Waals surface area contributed by atoms with Crippen LogP contribution >= 0.6 is 11.8 Å². The third kappa shape index (κ3) is 3.62. The van der Waals surface area contributed by atoms with E-state index in [1.54, 1.807) is 6.07 Å². The lowest BCUT2D eigenvalue weighted by Gasteiger charge is -2.07. The molecule has 1 fully saturated rings. The van der Waals surface area contributed by atoms with E-state index in [0.29, 0.717) is 10.9 Å². The molecule has 3 rings (SSSR count). The lowest BCUT2D eigenvalue weighted by atomic mass is 10.2. The second-order valence-corrected chi connectivity index (χ2v) is 6.45. The van der Waals surface area contributed by atoms with Crippen LogP contribution in [-0.2, 0) is 6.54 Å². The van der Waals surface area contributed by atoms with Crippen LogP contribution in [0.5, 0.6) is 0 Å². The van der Waals surface area contributed by atoms with E-state index in [-0.39, 0.29) is 5.82 Å². The lowest BCUT2D eigenvalue weighted by molar-refractivity contribution is 0.595. The molecule has 1 aliphatic rings. The highest BCUT2D eigenvalue weighted by Crippen LogP contribution is 2.30. The molecule has 2 aromatic carbocycles. The minimum Gasteiger partial charge on any atom is -0.310 e. The van der Waals surface area contributed by atoms with Gasteiger partial charge in [-0.1, -0.05) is 35.5 Å². The molecule has 0 aromatic heterocycles. The summed E-state index contributed by atoms with van der Waals surface area (Å²) in [5, 5.41) is 3.40. The van der Waals surface area contributed by atoms with E-state index in [2.05, 4.69) is 11.4 Å². The summed E-state index contributed by atoms with van der Waals surface area (Å²) < 4.78 is 14.1. The molecule has 0 radical (unpaired) electrons. The number of nitrogens with one attached hydrogen (secondary N) is 1. The van der Waals surface area contributed by atoms with Crippen LogP contribution in [0.15, 0.2) is 52.3 Å². The summed E-state index contributed by atoms with van der Waals surface area (Å²) in [4.78, 5) is 1.76. The maximum absolute atomic E-state index is 14.1. The summed E-state index contributed by atoms with van der Waals surface area (Å²) >= 11 is 1.48. The van der Waals surface area contributed by atoms with Gasteiger partial charge < -0.3 is 5.32 Å². The molecule has 0 heterocycles. The van der Waals surface area contributed by atoms with Crippen molar-refractivity contribution in [2.24, 2.45) is 0 Å². The summed E-state index contributed by atoms with van der Waals surface area (Å²) in [5.74, 6) is -0.133. The molecule has 0 spiro atoms. The van der Waals surface area contributed by atoms with Crippen LogP contribution < -0.4 is 5.32 Å². The van der Waals surface area contributed by atoms with E-state index in [9.17, 15) is 4.39 Å². The van der Waals surface area contributed by atoms with Crippen molar-refractivity contribution in [1.29, 1.82) is 0 Å². The summed E-state index contributed by atoms with van der Waals surface area (Å²) in [5.41, 5.74) is 2.21. The van der Waals surface area contributed by atoms with Gasteiger partial charge in [-0.25, -0.2) is 4.39 Å². The minimum absolute atomic E-state index is 0.133. The van der Waals surface area contributed by atoms with Crippen LogP contribution in [-0.4, -0.2) is 6.04 Å². The zero-order chi connectivity index (χ0) is 13.9. The van der Waals surface area contributed by atoms with Crippen LogP contribution in [0.1, 0.15) is 24.0 Å². The fraction of sp³-hybridized carbons (Fsp3) is 0.294. The summed E-state index contributed by atoms with van der Waals surface area (Å²) in [7, 11) is 0. The Balaban J connectivity index is 1.69. The van der Waals surface area contributed by atoms with Gasteiger partial charge in [-0.3, -0.25) is 0 Å². The summed E-state index contributed by atoms with van der Waals surface area (Å²) in [6, 6.07) is 14.3. The van der Waals surface area contributed by atoms with Gasteiger partial charge in [0, 0.05) is 22.4 Å². The fourth-order valence-electron chi connectivity index (χ4n) is 2.09. The molecule has 104 valence electrons. The molecule has 1 aliphatic carbocycles. The van der Waals surface area contributed by atoms with Crippen molar-refractivity contribution in [1.82, 2.24) is 5.32 Å². The number of hydrogen-bond donors (Lipinski definition) is 1. The van der Waals surface area contributed by atoms with Gasteiger partial charge in [0.15, 0.2) is 0 Å². The van der Waals surface area contributed by atoms with Gasteiger partial charge in [-0.15, -0.1) is 0 Å².